The molecule has 0 aliphatic carbocycles. The quantitative estimate of drug-likeness (QED) is 0.833. The van der Waals surface area contributed by atoms with E-state index in [0.29, 0.717) is 37.7 Å². The monoisotopic (exact) mass is 406 g/mol. The smallest absolute Gasteiger partial charge is 0.378 e. The summed E-state index contributed by atoms with van der Waals surface area (Å²) in [5, 5.41) is 2.49. The van der Waals surface area contributed by atoms with Crippen LogP contribution in [0.4, 0.5) is 18.9 Å². The molecule has 1 amide bonds. The van der Waals surface area contributed by atoms with Crippen molar-refractivity contribution in [1.82, 2.24) is 5.32 Å². The highest BCUT2D eigenvalue weighted by Gasteiger charge is 2.34. The van der Waals surface area contributed by atoms with Crippen molar-refractivity contribution in [3.8, 4) is 0 Å². The maximum atomic E-state index is 13.5. The Kier molecular flexibility index (Phi) is 6.63. The molecule has 2 aliphatic rings. The molecule has 1 atom stereocenters. The Hall–Kier alpha value is -1.06. The Morgan fingerprint density at radius 1 is 1.27 bits per heavy atom. The van der Waals surface area contributed by atoms with E-state index in [1.807, 2.05) is 4.90 Å². The minimum Gasteiger partial charge on any atom is -0.378 e. The first-order valence-corrected chi connectivity index (χ1v) is 10.7. The summed E-state index contributed by atoms with van der Waals surface area (Å²) in [6.45, 7) is 2.05. The van der Waals surface area contributed by atoms with Gasteiger partial charge in [-0.3, -0.25) is 4.79 Å². The van der Waals surface area contributed by atoms with E-state index in [1.165, 1.54) is 12.1 Å². The molecule has 0 spiro atoms. The van der Waals surface area contributed by atoms with E-state index < -0.39 is 11.7 Å². The van der Waals surface area contributed by atoms with Crippen molar-refractivity contribution < 1.29 is 22.7 Å². The van der Waals surface area contributed by atoms with Crippen LogP contribution in [0.2, 0.25) is 0 Å². The second-order valence-electron chi connectivity index (χ2n) is 6.09. The predicted octanol–water partition coefficient (Wildman–Crippen LogP) is 3.01. The fraction of sp³-hybridized carbons (Fsp3) is 0.588. The predicted molar refractivity (Wildman–Crippen MR) is 99.9 cm³/mol. The molecule has 2 heterocycles. The van der Waals surface area contributed by atoms with Crippen LogP contribution >= 0.6 is 23.5 Å². The van der Waals surface area contributed by atoms with Gasteiger partial charge in [0.25, 0.3) is 0 Å². The molecule has 1 N–H and O–H groups in total. The molecular formula is C17H21F3N2O2S2. The van der Waals surface area contributed by atoms with E-state index in [4.69, 9.17) is 4.74 Å². The number of morpholine rings is 1. The van der Waals surface area contributed by atoms with Gasteiger partial charge < -0.3 is 15.0 Å². The lowest BCUT2D eigenvalue weighted by molar-refractivity contribution is -0.138. The first-order valence-electron chi connectivity index (χ1n) is 8.45. The number of hydrogen-bond acceptors (Lipinski definition) is 5. The number of halogens is 3. The standard InChI is InChI=1S/C17H21F3N2O2S2/c18-17(19,20)14-9-13(22-3-5-24-6-4-22)2-1-12(14)10-21-16(23)15-11-25-7-8-26-15/h1-2,9,15H,3-8,10-11H2,(H,21,23). The van der Waals surface area contributed by atoms with Crippen molar-refractivity contribution in [2.45, 2.75) is 18.0 Å². The summed E-state index contributed by atoms with van der Waals surface area (Å²) in [4.78, 5) is 14.1. The molecule has 0 saturated carbocycles. The molecular weight excluding hydrogens is 385 g/mol. The first kappa shape index (κ1) is 19.7. The number of carbonyl (C=O) groups excluding carboxylic acids is 1. The summed E-state index contributed by atoms with van der Waals surface area (Å²) < 4.78 is 45.8. The van der Waals surface area contributed by atoms with Crippen LogP contribution in [0.25, 0.3) is 0 Å². The Labute approximate surface area is 159 Å². The highest BCUT2D eigenvalue weighted by molar-refractivity contribution is 8.07. The molecule has 4 nitrogen and oxygen atoms in total. The summed E-state index contributed by atoms with van der Waals surface area (Å²) in [5.74, 6) is 2.42. The van der Waals surface area contributed by atoms with Gasteiger partial charge in [0.15, 0.2) is 0 Å². The number of nitrogens with zero attached hydrogens (tertiary/aromatic N) is 1. The molecule has 1 unspecified atom stereocenters. The van der Waals surface area contributed by atoms with Crippen molar-refractivity contribution in [2.75, 3.05) is 48.5 Å². The lowest BCUT2D eigenvalue weighted by Gasteiger charge is -2.30. The minimum absolute atomic E-state index is 0.0938. The highest BCUT2D eigenvalue weighted by atomic mass is 32.2. The molecule has 0 radical (unpaired) electrons. The van der Waals surface area contributed by atoms with Gasteiger partial charge in [-0.25, -0.2) is 0 Å². The van der Waals surface area contributed by atoms with Crippen LogP contribution in [0.5, 0.6) is 0 Å². The van der Waals surface area contributed by atoms with E-state index in [9.17, 15) is 18.0 Å². The Bertz CT molecular complexity index is 631. The van der Waals surface area contributed by atoms with Crippen molar-refractivity contribution in [3.63, 3.8) is 0 Å². The fourth-order valence-electron chi connectivity index (χ4n) is 2.94. The van der Waals surface area contributed by atoms with Crippen molar-refractivity contribution in [2.24, 2.45) is 0 Å². The lowest BCUT2D eigenvalue weighted by atomic mass is 10.0. The van der Waals surface area contributed by atoms with Crippen LogP contribution in [0.15, 0.2) is 18.2 Å². The van der Waals surface area contributed by atoms with Gasteiger partial charge >= 0.3 is 6.18 Å². The molecule has 144 valence electrons. The number of anilines is 1. The summed E-state index contributed by atoms with van der Waals surface area (Å²) in [5.41, 5.74) is -0.0567. The SMILES string of the molecule is O=C(NCc1ccc(N2CCOCC2)cc1C(F)(F)F)C1CSCCS1. The number of amides is 1. The van der Waals surface area contributed by atoms with Crippen LogP contribution in [-0.4, -0.2) is 54.7 Å². The Morgan fingerprint density at radius 3 is 2.69 bits per heavy atom. The molecule has 2 aliphatic heterocycles. The van der Waals surface area contributed by atoms with Gasteiger partial charge in [-0.05, 0) is 17.7 Å². The van der Waals surface area contributed by atoms with Crippen LogP contribution in [0.1, 0.15) is 11.1 Å². The van der Waals surface area contributed by atoms with Crippen molar-refractivity contribution >= 4 is 35.1 Å². The maximum Gasteiger partial charge on any atom is 0.416 e. The van der Waals surface area contributed by atoms with Crippen LogP contribution in [0, 0.1) is 0 Å². The molecule has 26 heavy (non-hydrogen) atoms. The van der Waals surface area contributed by atoms with Gasteiger partial charge in [0.2, 0.25) is 5.91 Å². The van der Waals surface area contributed by atoms with Crippen LogP contribution in [0.3, 0.4) is 0 Å². The third-order valence-electron chi connectivity index (χ3n) is 4.34. The summed E-state index contributed by atoms with van der Waals surface area (Å²) in [6, 6.07) is 4.34. The number of alkyl halides is 3. The summed E-state index contributed by atoms with van der Waals surface area (Å²) in [6.07, 6.45) is -4.46. The second kappa shape index (κ2) is 8.75. The Balaban J connectivity index is 1.72. The number of nitrogens with one attached hydrogen (secondary N) is 1. The normalized spacial score (nSPS) is 21.5. The molecule has 2 fully saturated rings. The topological polar surface area (TPSA) is 41.6 Å². The highest BCUT2D eigenvalue weighted by Crippen LogP contribution is 2.35. The molecule has 3 rings (SSSR count). The van der Waals surface area contributed by atoms with E-state index in [-0.39, 0.29) is 23.3 Å². The molecule has 1 aromatic carbocycles. The number of ether oxygens (including phenoxy) is 1. The molecule has 2 saturated heterocycles. The summed E-state index contributed by atoms with van der Waals surface area (Å²) in [7, 11) is 0. The van der Waals surface area contributed by atoms with Gasteiger partial charge in [-0.1, -0.05) is 6.07 Å². The van der Waals surface area contributed by atoms with E-state index in [0.717, 1.165) is 11.5 Å². The third-order valence-corrected chi connectivity index (χ3v) is 7.09. The average molecular weight is 406 g/mol. The van der Waals surface area contributed by atoms with Crippen molar-refractivity contribution in [3.05, 3.63) is 29.3 Å². The number of benzene rings is 1. The largest absolute Gasteiger partial charge is 0.416 e. The lowest BCUT2D eigenvalue weighted by Crippen LogP contribution is -2.37. The zero-order valence-electron chi connectivity index (χ0n) is 14.2. The average Bonchev–Trinajstić information content (AvgIpc) is 2.66. The zero-order valence-corrected chi connectivity index (χ0v) is 15.8. The molecule has 1 aromatic rings. The number of carbonyl (C=O) groups is 1. The molecule has 0 aromatic heterocycles. The molecule has 9 heteroatoms. The van der Waals surface area contributed by atoms with Crippen LogP contribution < -0.4 is 10.2 Å². The van der Waals surface area contributed by atoms with Gasteiger partial charge in [0.1, 0.15) is 0 Å². The van der Waals surface area contributed by atoms with Gasteiger partial charge in [-0.15, -0.1) is 11.8 Å². The number of hydrogen-bond donors (Lipinski definition) is 1. The molecule has 0 bridgehead atoms. The zero-order chi connectivity index (χ0) is 18.6. The fourth-order valence-corrected chi connectivity index (χ4v) is 5.52. The van der Waals surface area contributed by atoms with Gasteiger partial charge in [0, 0.05) is 42.6 Å². The minimum atomic E-state index is -4.46. The van der Waals surface area contributed by atoms with E-state index in [1.54, 1.807) is 29.6 Å². The maximum absolute atomic E-state index is 13.5. The van der Waals surface area contributed by atoms with Crippen LogP contribution in [-0.2, 0) is 22.3 Å². The van der Waals surface area contributed by atoms with Gasteiger partial charge in [-0.2, -0.15) is 24.9 Å². The van der Waals surface area contributed by atoms with Gasteiger partial charge in [0.05, 0.1) is 24.0 Å². The van der Waals surface area contributed by atoms with Crippen molar-refractivity contribution in [1.29, 1.82) is 0 Å². The summed E-state index contributed by atoms with van der Waals surface area (Å²) >= 11 is 3.26. The number of thioether (sulfide) groups is 2. The third kappa shape index (κ3) is 5.01. The van der Waals surface area contributed by atoms with E-state index in [2.05, 4.69) is 5.32 Å². The second-order valence-corrected chi connectivity index (χ2v) is 8.55. The first-order chi connectivity index (χ1) is 12.4. The Morgan fingerprint density at radius 2 is 2.04 bits per heavy atom. The van der Waals surface area contributed by atoms with E-state index >= 15 is 0 Å². The number of rotatable bonds is 4.